The van der Waals surface area contributed by atoms with Crippen LogP contribution in [0, 0.1) is 0 Å². The van der Waals surface area contributed by atoms with Gasteiger partial charge in [0.2, 0.25) is 0 Å². The predicted molar refractivity (Wildman–Crippen MR) is 243 cm³/mol. The topological polar surface area (TPSA) is 0 Å². The van der Waals surface area contributed by atoms with Gasteiger partial charge in [-0.05, 0) is 75.5 Å². The molecule has 0 amide bonds. The van der Waals surface area contributed by atoms with Crippen LogP contribution in [0.15, 0.2) is 0 Å². The van der Waals surface area contributed by atoms with E-state index in [0.717, 1.165) is 0 Å². The molecule has 0 saturated heterocycles. The van der Waals surface area contributed by atoms with Crippen LogP contribution in [-0.2, 0) is 19.5 Å². The van der Waals surface area contributed by atoms with Crippen molar-refractivity contribution in [2.75, 3.05) is 37.0 Å². The molecule has 0 aliphatic heterocycles. The van der Waals surface area contributed by atoms with Crippen molar-refractivity contribution in [3.8, 4) is 0 Å². The zero-order chi connectivity index (χ0) is 36.9. The summed E-state index contributed by atoms with van der Waals surface area (Å²) in [7, 11) is 0.732. The van der Waals surface area contributed by atoms with Gasteiger partial charge in [0.05, 0.1) is 0 Å². The Bertz CT molecular complexity index is 431. The SMILES string of the molecule is CCCCCCCCP(CCCCCCCC)CCCCCCCC.CCCCCCCCP(CCCCCCCC)CCCCCCCC.[Ru]. The molecule has 51 heavy (non-hydrogen) atoms. The first-order chi connectivity index (χ1) is 24.7. The van der Waals surface area contributed by atoms with E-state index < -0.39 is 0 Å². The summed E-state index contributed by atoms with van der Waals surface area (Å²) in [5.41, 5.74) is 0. The molecule has 0 bridgehead atoms. The number of hydrogen-bond donors (Lipinski definition) is 0. The molecule has 0 aromatic rings. The normalized spacial score (nSPS) is 11.3. The quantitative estimate of drug-likeness (QED) is 0.0326. The molecule has 0 spiro atoms. The molecule has 0 aromatic heterocycles. The monoisotopic (exact) mass is 843 g/mol. The van der Waals surface area contributed by atoms with E-state index in [2.05, 4.69) is 41.5 Å². The third kappa shape index (κ3) is 51.5. The van der Waals surface area contributed by atoms with E-state index in [-0.39, 0.29) is 19.5 Å². The van der Waals surface area contributed by atoms with Crippen molar-refractivity contribution in [2.24, 2.45) is 0 Å². The summed E-state index contributed by atoms with van der Waals surface area (Å²) in [6.07, 6.45) is 62.5. The molecule has 0 unspecified atom stereocenters. The van der Waals surface area contributed by atoms with Crippen LogP contribution in [0.2, 0.25) is 0 Å². The molecular formula is C48H102P2Ru. The summed E-state index contributed by atoms with van der Waals surface area (Å²) >= 11 is 0. The number of hydrogen-bond acceptors (Lipinski definition) is 0. The number of rotatable bonds is 42. The van der Waals surface area contributed by atoms with Crippen molar-refractivity contribution >= 4 is 15.8 Å². The van der Waals surface area contributed by atoms with Crippen molar-refractivity contribution in [1.82, 2.24) is 0 Å². The van der Waals surface area contributed by atoms with Crippen molar-refractivity contribution < 1.29 is 19.5 Å². The molecule has 0 rings (SSSR count). The van der Waals surface area contributed by atoms with E-state index in [0.29, 0.717) is 15.8 Å². The molecule has 3 heteroatoms. The van der Waals surface area contributed by atoms with Gasteiger partial charge < -0.3 is 0 Å². The zero-order valence-electron chi connectivity index (χ0n) is 36.9. The van der Waals surface area contributed by atoms with Gasteiger partial charge in [-0.25, -0.2) is 0 Å². The van der Waals surface area contributed by atoms with Crippen molar-refractivity contribution in [3.05, 3.63) is 0 Å². The Kier molecular flexibility index (Phi) is 59.7. The van der Waals surface area contributed by atoms with E-state index in [1.807, 2.05) is 0 Å². The maximum absolute atomic E-state index is 2.32. The Morgan fingerprint density at radius 1 is 0.176 bits per heavy atom. The second-order valence-corrected chi connectivity index (χ2v) is 21.7. The molecule has 312 valence electrons. The second-order valence-electron chi connectivity index (χ2n) is 16.3. The average molecular weight is 842 g/mol. The van der Waals surface area contributed by atoms with Crippen LogP contribution in [0.5, 0.6) is 0 Å². The Labute approximate surface area is 343 Å². The maximum atomic E-state index is 2.32. The molecule has 0 aliphatic rings. The van der Waals surface area contributed by atoms with E-state index in [1.54, 1.807) is 37.0 Å². The van der Waals surface area contributed by atoms with Gasteiger partial charge in [-0.15, -0.1) is 15.8 Å². The smallest absolute Gasteiger partial charge is 0 e. The average Bonchev–Trinajstić information content (AvgIpc) is 3.13. The predicted octanol–water partition coefficient (Wildman–Crippen LogP) is 19.1. The third-order valence-corrected chi connectivity index (χ3v) is 16.7. The minimum atomic E-state index is 0. The van der Waals surface area contributed by atoms with Crippen LogP contribution >= 0.6 is 15.8 Å². The second kappa shape index (κ2) is 53.6. The van der Waals surface area contributed by atoms with E-state index in [9.17, 15) is 0 Å². The van der Waals surface area contributed by atoms with Gasteiger partial charge in [0.25, 0.3) is 0 Å². The van der Waals surface area contributed by atoms with Crippen molar-refractivity contribution in [3.63, 3.8) is 0 Å². The van der Waals surface area contributed by atoms with Crippen molar-refractivity contribution in [1.29, 1.82) is 0 Å². The molecule has 0 aliphatic carbocycles. The fourth-order valence-corrected chi connectivity index (χ4v) is 12.7. The summed E-state index contributed by atoms with van der Waals surface area (Å²) in [5.74, 6) is 0. The van der Waals surface area contributed by atoms with Gasteiger partial charge in [0.1, 0.15) is 0 Å². The van der Waals surface area contributed by atoms with E-state index in [4.69, 9.17) is 0 Å². The largest absolute Gasteiger partial charge is 0.107 e. The Morgan fingerprint density at radius 2 is 0.294 bits per heavy atom. The van der Waals surface area contributed by atoms with E-state index in [1.165, 1.54) is 231 Å². The van der Waals surface area contributed by atoms with Gasteiger partial charge in [0.15, 0.2) is 0 Å². The molecular weight excluding hydrogens is 740 g/mol. The summed E-state index contributed by atoms with van der Waals surface area (Å²) in [5, 5.41) is 0. The van der Waals surface area contributed by atoms with Crippen LogP contribution in [0.25, 0.3) is 0 Å². The molecule has 0 heterocycles. The molecule has 0 radical (unpaired) electrons. The number of unbranched alkanes of at least 4 members (excludes halogenated alkanes) is 30. The fourth-order valence-electron chi connectivity index (χ4n) is 7.37. The van der Waals surface area contributed by atoms with Crippen molar-refractivity contribution in [2.45, 2.75) is 273 Å². The third-order valence-electron chi connectivity index (χ3n) is 11.0. The van der Waals surface area contributed by atoms with Gasteiger partial charge in [-0.2, -0.15) is 0 Å². The fraction of sp³-hybridized carbons (Fsp3) is 1.00. The molecule has 0 N–H and O–H groups in total. The Morgan fingerprint density at radius 3 is 0.431 bits per heavy atom. The molecule has 0 fully saturated rings. The van der Waals surface area contributed by atoms with Gasteiger partial charge >= 0.3 is 0 Å². The van der Waals surface area contributed by atoms with Gasteiger partial charge in [-0.1, -0.05) is 234 Å². The zero-order valence-corrected chi connectivity index (χ0v) is 40.5. The van der Waals surface area contributed by atoms with Crippen LogP contribution in [-0.4, -0.2) is 37.0 Å². The van der Waals surface area contributed by atoms with Crippen LogP contribution < -0.4 is 0 Å². The summed E-state index contributed by atoms with van der Waals surface area (Å²) < 4.78 is 0. The standard InChI is InChI=1S/2C24H51P.Ru/c2*1-4-7-10-13-16-19-22-25(23-20-17-14-11-8-5-2)24-21-18-15-12-9-6-3;/h2*4-24H2,1-3H3;. The first-order valence-corrected chi connectivity index (χ1v) is 27.9. The molecule has 0 saturated carbocycles. The minimum absolute atomic E-state index is 0. The molecule has 0 nitrogen and oxygen atoms in total. The van der Waals surface area contributed by atoms with Crippen LogP contribution in [0.4, 0.5) is 0 Å². The molecule has 0 atom stereocenters. The molecule has 0 aromatic carbocycles. The summed E-state index contributed by atoms with van der Waals surface area (Å²) in [4.78, 5) is 0. The van der Waals surface area contributed by atoms with Gasteiger partial charge in [0, 0.05) is 19.5 Å². The Hall–Kier alpha value is 1.48. The summed E-state index contributed by atoms with van der Waals surface area (Å²) in [6, 6.07) is 0. The summed E-state index contributed by atoms with van der Waals surface area (Å²) in [6.45, 7) is 13.9. The Balaban J connectivity index is -0.000000886. The van der Waals surface area contributed by atoms with E-state index >= 15 is 0 Å². The maximum Gasteiger partial charge on any atom is 0 e. The van der Waals surface area contributed by atoms with Crippen LogP contribution in [0.1, 0.15) is 273 Å². The first-order valence-electron chi connectivity index (χ1n) is 24.1. The first kappa shape index (κ1) is 56.8. The minimum Gasteiger partial charge on any atom is -0.107 e. The van der Waals surface area contributed by atoms with Crippen LogP contribution in [0.3, 0.4) is 0 Å². The van der Waals surface area contributed by atoms with Gasteiger partial charge in [-0.3, -0.25) is 0 Å².